The first-order valence-corrected chi connectivity index (χ1v) is 8.08. The molecule has 0 radical (unpaired) electrons. The van der Waals surface area contributed by atoms with E-state index < -0.39 is 5.97 Å². The molecule has 5 nitrogen and oxygen atoms in total. The van der Waals surface area contributed by atoms with Gasteiger partial charge in [0.15, 0.2) is 0 Å². The molecule has 0 bridgehead atoms. The van der Waals surface area contributed by atoms with Crippen LogP contribution in [0.3, 0.4) is 0 Å². The summed E-state index contributed by atoms with van der Waals surface area (Å²) in [5.41, 5.74) is 1.43. The number of fused-ring (bicyclic) bond motifs is 1. The third kappa shape index (κ3) is 2.92. The van der Waals surface area contributed by atoms with E-state index in [9.17, 15) is 9.59 Å². The number of nitrogens with one attached hydrogen (secondary N) is 1. The van der Waals surface area contributed by atoms with Crippen LogP contribution in [0.1, 0.15) is 54.8 Å². The highest BCUT2D eigenvalue weighted by atomic mass is 32.1. The lowest BCUT2D eigenvalue weighted by Crippen LogP contribution is -2.21. The Labute approximate surface area is 132 Å². The molecule has 116 valence electrons. The number of hydrogen-bond acceptors (Lipinski definition) is 4. The summed E-state index contributed by atoms with van der Waals surface area (Å²) in [4.78, 5) is 25.2. The van der Waals surface area contributed by atoms with Gasteiger partial charge in [-0.1, -0.05) is 0 Å². The molecule has 0 unspecified atom stereocenters. The van der Waals surface area contributed by atoms with Gasteiger partial charge in [0.1, 0.15) is 17.1 Å². The van der Waals surface area contributed by atoms with Crippen LogP contribution in [0.5, 0.6) is 0 Å². The second-order valence-electron chi connectivity index (χ2n) is 5.44. The zero-order chi connectivity index (χ0) is 15.7. The van der Waals surface area contributed by atoms with Crippen LogP contribution in [0.25, 0.3) is 0 Å². The molecule has 1 aliphatic carbocycles. The summed E-state index contributed by atoms with van der Waals surface area (Å²) in [6.45, 7) is 1.79. The molecule has 0 aliphatic heterocycles. The number of carbonyl (C=O) groups is 2. The molecule has 3 rings (SSSR count). The van der Waals surface area contributed by atoms with Gasteiger partial charge in [-0.2, -0.15) is 0 Å². The Morgan fingerprint density at radius 3 is 2.77 bits per heavy atom. The Morgan fingerprint density at radius 1 is 1.32 bits per heavy atom. The summed E-state index contributed by atoms with van der Waals surface area (Å²) in [6.07, 6.45) is 4.50. The fourth-order valence-electron chi connectivity index (χ4n) is 2.70. The maximum atomic E-state index is 12.2. The van der Waals surface area contributed by atoms with Gasteiger partial charge < -0.3 is 14.8 Å². The molecule has 22 heavy (non-hydrogen) atoms. The van der Waals surface area contributed by atoms with Crippen molar-refractivity contribution < 1.29 is 19.1 Å². The maximum Gasteiger partial charge on any atom is 0.339 e. The summed E-state index contributed by atoms with van der Waals surface area (Å²) in [5.74, 6) is -0.358. The molecule has 0 saturated heterocycles. The van der Waals surface area contributed by atoms with Gasteiger partial charge in [0.05, 0.1) is 11.4 Å². The Hall–Kier alpha value is -2.08. The Morgan fingerprint density at radius 2 is 2.09 bits per heavy atom. The highest BCUT2D eigenvalue weighted by Gasteiger charge is 2.18. The fraction of sp³-hybridized carbons (Fsp3) is 0.375. The second-order valence-corrected chi connectivity index (χ2v) is 6.57. The Balaban J connectivity index is 1.66. The third-order valence-electron chi connectivity index (χ3n) is 3.84. The monoisotopic (exact) mass is 319 g/mol. The molecule has 0 aromatic carbocycles. The average molecular weight is 319 g/mol. The Bertz CT molecular complexity index is 705. The molecule has 1 amide bonds. The number of aromatic carboxylic acids is 1. The van der Waals surface area contributed by atoms with Crippen molar-refractivity contribution in [3.05, 3.63) is 44.5 Å². The van der Waals surface area contributed by atoms with Crippen molar-refractivity contribution in [2.45, 2.75) is 39.2 Å². The van der Waals surface area contributed by atoms with Gasteiger partial charge in [-0.25, -0.2) is 4.79 Å². The van der Waals surface area contributed by atoms with E-state index in [1.165, 1.54) is 29.3 Å². The lowest BCUT2D eigenvalue weighted by molar-refractivity contribution is 0.0694. The van der Waals surface area contributed by atoms with Gasteiger partial charge in [-0.05, 0) is 50.3 Å². The fourth-order valence-corrected chi connectivity index (χ4v) is 3.87. The van der Waals surface area contributed by atoms with Crippen molar-refractivity contribution >= 4 is 23.2 Å². The van der Waals surface area contributed by atoms with Gasteiger partial charge in [-0.15, -0.1) is 11.3 Å². The first-order chi connectivity index (χ1) is 10.5. The summed E-state index contributed by atoms with van der Waals surface area (Å²) in [6, 6.07) is 3.43. The van der Waals surface area contributed by atoms with Crippen LogP contribution in [-0.4, -0.2) is 17.0 Å². The zero-order valence-electron chi connectivity index (χ0n) is 12.3. The molecule has 6 heteroatoms. The van der Waals surface area contributed by atoms with E-state index in [2.05, 4.69) is 5.32 Å². The second kappa shape index (κ2) is 5.96. The summed E-state index contributed by atoms with van der Waals surface area (Å²) >= 11 is 1.56. The number of hydrogen-bond donors (Lipinski definition) is 2. The molecule has 0 saturated carbocycles. The van der Waals surface area contributed by atoms with Crippen LogP contribution in [-0.2, 0) is 19.4 Å². The number of rotatable bonds is 4. The number of carboxylic acids is 1. The summed E-state index contributed by atoms with van der Waals surface area (Å²) in [5, 5.41) is 11.8. The summed E-state index contributed by atoms with van der Waals surface area (Å²) < 4.78 is 5.35. The van der Waals surface area contributed by atoms with Crippen LogP contribution in [0.4, 0.5) is 0 Å². The number of carbonyl (C=O) groups excluding carboxylic acids is 1. The normalized spacial score (nSPS) is 13.7. The number of aryl methyl sites for hydroxylation is 3. The number of thiophene rings is 1. The van der Waals surface area contributed by atoms with E-state index in [-0.39, 0.29) is 18.0 Å². The average Bonchev–Trinajstić information content (AvgIpc) is 3.08. The zero-order valence-corrected chi connectivity index (χ0v) is 13.1. The van der Waals surface area contributed by atoms with Crippen molar-refractivity contribution in [2.75, 3.05) is 0 Å². The minimum absolute atomic E-state index is 0.134. The minimum Gasteiger partial charge on any atom is -0.478 e. The third-order valence-corrected chi connectivity index (χ3v) is 5.08. The lowest BCUT2D eigenvalue weighted by Gasteiger charge is -2.08. The molecular formula is C16H17NO4S. The quantitative estimate of drug-likeness (QED) is 0.907. The van der Waals surface area contributed by atoms with Crippen molar-refractivity contribution in [1.29, 1.82) is 0 Å². The maximum absolute atomic E-state index is 12.2. The van der Waals surface area contributed by atoms with Crippen LogP contribution >= 0.6 is 11.3 Å². The standard InChI is InChI=1S/C16H17NO4S/c1-9-12(16(19)20)7-11(21-9)8-17-15(18)14-6-10-4-2-3-5-13(10)22-14/h6-7H,2-5,8H2,1H3,(H,17,18)(H,19,20). The van der Waals surface area contributed by atoms with Crippen molar-refractivity contribution in [1.82, 2.24) is 5.32 Å². The molecule has 0 spiro atoms. The molecule has 2 aromatic heterocycles. The van der Waals surface area contributed by atoms with Gasteiger partial charge >= 0.3 is 5.97 Å². The SMILES string of the molecule is Cc1oc(CNC(=O)c2cc3c(s2)CCCC3)cc1C(=O)O. The number of furan rings is 1. The molecule has 2 heterocycles. The number of carboxylic acid groups (broad SMARTS) is 1. The topological polar surface area (TPSA) is 79.5 Å². The van der Waals surface area contributed by atoms with Crippen LogP contribution in [0, 0.1) is 6.92 Å². The van der Waals surface area contributed by atoms with E-state index in [1.54, 1.807) is 18.3 Å². The predicted molar refractivity (Wildman–Crippen MR) is 82.5 cm³/mol. The van der Waals surface area contributed by atoms with Gasteiger partial charge in [0.25, 0.3) is 5.91 Å². The van der Waals surface area contributed by atoms with Crippen molar-refractivity contribution in [3.63, 3.8) is 0 Å². The minimum atomic E-state index is -1.02. The van der Waals surface area contributed by atoms with Crippen molar-refractivity contribution in [3.8, 4) is 0 Å². The van der Waals surface area contributed by atoms with E-state index in [0.717, 1.165) is 12.8 Å². The van der Waals surface area contributed by atoms with E-state index >= 15 is 0 Å². The van der Waals surface area contributed by atoms with Gasteiger partial charge in [0, 0.05) is 4.88 Å². The predicted octanol–water partition coefficient (Wildman–Crippen LogP) is 3.16. The van der Waals surface area contributed by atoms with Gasteiger partial charge in [0.2, 0.25) is 0 Å². The van der Waals surface area contributed by atoms with Crippen LogP contribution in [0.2, 0.25) is 0 Å². The largest absolute Gasteiger partial charge is 0.478 e. The molecule has 0 atom stereocenters. The van der Waals surface area contributed by atoms with Crippen LogP contribution < -0.4 is 5.32 Å². The van der Waals surface area contributed by atoms with Crippen LogP contribution in [0.15, 0.2) is 16.5 Å². The molecule has 1 aliphatic rings. The first kappa shape index (κ1) is 14.8. The number of amides is 1. The van der Waals surface area contributed by atoms with E-state index in [4.69, 9.17) is 9.52 Å². The van der Waals surface area contributed by atoms with Crippen molar-refractivity contribution in [2.24, 2.45) is 0 Å². The van der Waals surface area contributed by atoms with E-state index in [1.807, 2.05) is 6.07 Å². The molecule has 2 N–H and O–H groups in total. The highest BCUT2D eigenvalue weighted by molar-refractivity contribution is 7.14. The van der Waals surface area contributed by atoms with E-state index in [0.29, 0.717) is 16.4 Å². The smallest absolute Gasteiger partial charge is 0.339 e. The lowest BCUT2D eigenvalue weighted by atomic mass is 9.99. The first-order valence-electron chi connectivity index (χ1n) is 7.27. The molecule has 0 fully saturated rings. The molecular weight excluding hydrogens is 302 g/mol. The summed E-state index contributed by atoms with van der Waals surface area (Å²) in [7, 11) is 0. The molecule has 2 aromatic rings. The Kier molecular flexibility index (Phi) is 4.02. The van der Waals surface area contributed by atoms with Gasteiger partial charge in [-0.3, -0.25) is 4.79 Å². The highest BCUT2D eigenvalue weighted by Crippen LogP contribution is 2.29.